The second-order valence-electron chi connectivity index (χ2n) is 13.7. The highest BCUT2D eigenvalue weighted by Gasteiger charge is 2.29. The lowest BCUT2D eigenvalue weighted by molar-refractivity contribution is 0.370. The van der Waals surface area contributed by atoms with Crippen LogP contribution in [0.2, 0.25) is 0 Å². The van der Waals surface area contributed by atoms with Crippen LogP contribution in [-0.4, -0.2) is 4.89 Å². The second kappa shape index (κ2) is 9.47. The molecule has 0 saturated heterocycles. The maximum absolute atomic E-state index is 11.0. The van der Waals surface area contributed by atoms with Gasteiger partial charge in [0, 0.05) is 11.1 Å². The first-order chi connectivity index (χ1) is 15.1. The summed E-state index contributed by atoms with van der Waals surface area (Å²) >= 11 is 0. The van der Waals surface area contributed by atoms with Gasteiger partial charge in [-0.2, -0.15) is 0 Å². The number of hydrogen-bond donors (Lipinski definition) is 1. The van der Waals surface area contributed by atoms with E-state index in [2.05, 4.69) is 121 Å². The monoisotopic (exact) mass is 486 g/mol. The summed E-state index contributed by atoms with van der Waals surface area (Å²) in [7, 11) is -2.16. The first-order valence-corrected chi connectivity index (χ1v) is 13.4. The topological polar surface area (TPSA) is 38.7 Å². The van der Waals surface area contributed by atoms with Crippen molar-refractivity contribution in [2.24, 2.45) is 0 Å². The summed E-state index contributed by atoms with van der Waals surface area (Å²) in [6.07, 6.45) is 0. The van der Waals surface area contributed by atoms with Gasteiger partial charge >= 0.3 is 8.60 Å². The summed E-state index contributed by atoms with van der Waals surface area (Å²) in [5, 5.41) is 0. The molecule has 0 aliphatic rings. The number of aryl methyl sites for hydroxylation is 2. The molecule has 3 nitrogen and oxygen atoms in total. The summed E-state index contributed by atoms with van der Waals surface area (Å²) < 4.78 is 12.3. The fraction of sp³-hybridized carbons (Fsp3) is 0.600. The van der Waals surface area contributed by atoms with Crippen LogP contribution in [0.4, 0.5) is 0 Å². The second-order valence-corrected chi connectivity index (χ2v) is 14.6. The van der Waals surface area contributed by atoms with Crippen molar-refractivity contribution >= 4 is 8.60 Å². The molecule has 0 spiro atoms. The predicted octanol–water partition coefficient (Wildman–Crippen LogP) is 9.17. The van der Waals surface area contributed by atoms with Gasteiger partial charge in [0.1, 0.15) is 11.5 Å². The molecule has 4 heteroatoms. The highest BCUT2D eigenvalue weighted by molar-refractivity contribution is 7.41. The summed E-state index contributed by atoms with van der Waals surface area (Å²) in [4.78, 5) is 11.0. The molecule has 0 bridgehead atoms. The minimum absolute atomic E-state index is 0.0248. The third-order valence-corrected chi connectivity index (χ3v) is 6.94. The van der Waals surface area contributed by atoms with E-state index in [-0.39, 0.29) is 21.7 Å². The van der Waals surface area contributed by atoms with Crippen LogP contribution >= 0.6 is 8.60 Å². The van der Waals surface area contributed by atoms with Crippen LogP contribution in [0.5, 0.6) is 11.5 Å². The molecule has 0 fully saturated rings. The van der Waals surface area contributed by atoms with Gasteiger partial charge in [0.2, 0.25) is 0 Å². The van der Waals surface area contributed by atoms with E-state index >= 15 is 0 Å². The summed E-state index contributed by atoms with van der Waals surface area (Å²) in [6, 6.07) is 8.57. The van der Waals surface area contributed by atoms with Gasteiger partial charge in [-0.3, -0.25) is 0 Å². The zero-order chi connectivity index (χ0) is 26.4. The molecule has 0 aliphatic heterocycles. The Bertz CT molecular complexity index is 942. The summed E-state index contributed by atoms with van der Waals surface area (Å²) in [6.45, 7) is 30.6. The number of benzene rings is 2. The molecule has 0 unspecified atom stereocenters. The van der Waals surface area contributed by atoms with Crippen LogP contribution in [0, 0.1) is 13.8 Å². The molecule has 0 aliphatic carbocycles. The predicted molar refractivity (Wildman–Crippen MR) is 148 cm³/mol. The van der Waals surface area contributed by atoms with Crippen molar-refractivity contribution in [3.8, 4) is 11.5 Å². The Hall–Kier alpha value is -1.57. The lowest BCUT2D eigenvalue weighted by Gasteiger charge is -2.30. The van der Waals surface area contributed by atoms with Crippen LogP contribution in [-0.2, 0) is 21.7 Å². The molecule has 2 aromatic rings. The molecular weight excluding hydrogens is 439 g/mol. The Morgan fingerprint density at radius 3 is 1.00 bits per heavy atom. The Morgan fingerprint density at radius 1 is 0.500 bits per heavy atom. The molecule has 0 radical (unpaired) electrons. The summed E-state index contributed by atoms with van der Waals surface area (Å²) in [5.74, 6) is 1.37. The first-order valence-electron chi connectivity index (χ1n) is 12.3. The molecule has 2 aromatic carbocycles. The largest absolute Gasteiger partial charge is 0.460 e. The van der Waals surface area contributed by atoms with Crippen molar-refractivity contribution in [1.82, 2.24) is 0 Å². The molecule has 2 rings (SSSR count). The van der Waals surface area contributed by atoms with E-state index < -0.39 is 8.60 Å². The molecule has 0 atom stereocenters. The lowest BCUT2D eigenvalue weighted by Crippen LogP contribution is -2.19. The van der Waals surface area contributed by atoms with Crippen molar-refractivity contribution in [1.29, 1.82) is 0 Å². The van der Waals surface area contributed by atoms with Crippen LogP contribution in [0.15, 0.2) is 24.3 Å². The average molecular weight is 487 g/mol. The average Bonchev–Trinajstić information content (AvgIpc) is 2.57. The van der Waals surface area contributed by atoms with Crippen LogP contribution < -0.4 is 9.05 Å². The molecule has 190 valence electrons. The van der Waals surface area contributed by atoms with E-state index in [1.165, 1.54) is 11.1 Å². The summed E-state index contributed by atoms with van der Waals surface area (Å²) in [5.41, 5.74) is 6.80. The first kappa shape index (κ1) is 28.7. The fourth-order valence-electron chi connectivity index (χ4n) is 4.49. The lowest BCUT2D eigenvalue weighted by atomic mass is 9.78. The normalized spacial score (nSPS) is 13.4. The molecule has 0 amide bonds. The fourth-order valence-corrected chi connectivity index (χ4v) is 5.16. The van der Waals surface area contributed by atoms with E-state index in [9.17, 15) is 4.89 Å². The Kier molecular flexibility index (Phi) is 7.99. The van der Waals surface area contributed by atoms with E-state index in [0.29, 0.717) is 11.5 Å². The van der Waals surface area contributed by atoms with Gasteiger partial charge in [-0.15, -0.1) is 0 Å². The Balaban J connectivity index is 2.50. The molecule has 1 N–H and O–H groups in total. The van der Waals surface area contributed by atoms with Gasteiger partial charge in [-0.1, -0.05) is 95.2 Å². The maximum atomic E-state index is 11.0. The zero-order valence-corrected chi connectivity index (χ0v) is 24.9. The van der Waals surface area contributed by atoms with Crippen molar-refractivity contribution in [2.75, 3.05) is 0 Å². The van der Waals surface area contributed by atoms with Crippen molar-refractivity contribution in [3.63, 3.8) is 0 Å². The van der Waals surface area contributed by atoms with E-state index in [1.807, 2.05) is 0 Å². The Morgan fingerprint density at radius 2 is 0.765 bits per heavy atom. The molecular formula is C30H47O3P. The van der Waals surface area contributed by atoms with Crippen molar-refractivity contribution < 1.29 is 13.9 Å². The quantitative estimate of drug-likeness (QED) is 0.438. The van der Waals surface area contributed by atoms with Gasteiger partial charge < -0.3 is 13.9 Å². The van der Waals surface area contributed by atoms with Crippen molar-refractivity contribution in [3.05, 3.63) is 57.6 Å². The highest BCUT2D eigenvalue weighted by atomic mass is 31.2. The minimum atomic E-state index is -2.16. The highest BCUT2D eigenvalue weighted by Crippen LogP contribution is 2.46. The van der Waals surface area contributed by atoms with E-state index in [0.717, 1.165) is 22.3 Å². The van der Waals surface area contributed by atoms with Crippen LogP contribution in [0.1, 0.15) is 116 Å². The SMILES string of the molecule is Cc1cc(OP(O)Oc2cc(C)c(C(C)(C)C)cc2C(C)(C)C)c(C(C)(C)C)cc1C(C)(C)C. The third kappa shape index (κ3) is 6.76. The van der Waals surface area contributed by atoms with Crippen LogP contribution in [0.3, 0.4) is 0 Å². The van der Waals surface area contributed by atoms with Gasteiger partial charge in [-0.05, 0) is 69.9 Å². The van der Waals surface area contributed by atoms with E-state index in [1.54, 1.807) is 0 Å². The smallest absolute Gasteiger partial charge is 0.418 e. The molecule has 0 aromatic heterocycles. The molecule has 0 saturated carbocycles. The zero-order valence-electron chi connectivity index (χ0n) is 24.0. The van der Waals surface area contributed by atoms with Crippen molar-refractivity contribution in [2.45, 2.75) is 119 Å². The Labute approximate surface area is 210 Å². The van der Waals surface area contributed by atoms with E-state index in [4.69, 9.17) is 9.05 Å². The molecule has 0 heterocycles. The number of rotatable bonds is 4. The van der Waals surface area contributed by atoms with Gasteiger partial charge in [0.05, 0.1) is 0 Å². The van der Waals surface area contributed by atoms with Gasteiger partial charge in [0.15, 0.2) is 0 Å². The van der Waals surface area contributed by atoms with Gasteiger partial charge in [0.25, 0.3) is 0 Å². The standard InChI is InChI=1S/C30H47O3P/c1-19-15-25(23(29(9,10)11)17-21(19)27(3,4)5)32-34(31)33-26-16-20(2)22(28(6,7)8)18-24(26)30(12,13)14/h15-18,31H,1-14H3. The van der Waals surface area contributed by atoms with Crippen LogP contribution in [0.25, 0.3) is 0 Å². The minimum Gasteiger partial charge on any atom is -0.418 e. The molecule has 34 heavy (non-hydrogen) atoms. The number of hydrogen-bond acceptors (Lipinski definition) is 3. The maximum Gasteiger partial charge on any atom is 0.460 e. The van der Waals surface area contributed by atoms with Gasteiger partial charge in [-0.25, -0.2) is 0 Å². The third-order valence-electron chi connectivity index (χ3n) is 6.24.